The topological polar surface area (TPSA) is 83.0 Å². The van der Waals surface area contributed by atoms with Crippen molar-refractivity contribution >= 4 is 46.6 Å². The number of hydrogen-bond donors (Lipinski definition) is 0. The molecule has 1 aliphatic heterocycles. The van der Waals surface area contributed by atoms with E-state index in [1.165, 1.54) is 15.9 Å². The summed E-state index contributed by atoms with van der Waals surface area (Å²) in [4.78, 5) is 31.8. The molecule has 10 heteroatoms. The molecule has 194 valence electrons. The Labute approximate surface area is 231 Å². The molecule has 0 N–H and O–H groups in total. The zero-order valence-corrected chi connectivity index (χ0v) is 23.0. The van der Waals surface area contributed by atoms with Gasteiger partial charge in [0.05, 0.1) is 40.6 Å². The first-order valence-corrected chi connectivity index (χ1v) is 13.3. The SMILES string of the molecule is CCOC(=O)C1=C(C)N=c2s/c(=C/c3ccc(-c4ccc(Cl)cc4Cl)o3)c(=O)n2C1c1ccc(OC)cc1. The number of methoxy groups -OCH3 is 1. The van der Waals surface area contributed by atoms with Crippen LogP contribution in [0.2, 0.25) is 10.0 Å². The fraction of sp³-hybridized carbons (Fsp3) is 0.179. The van der Waals surface area contributed by atoms with Crippen molar-refractivity contribution in [2.24, 2.45) is 4.99 Å². The molecule has 7 nitrogen and oxygen atoms in total. The highest BCUT2D eigenvalue weighted by atomic mass is 35.5. The molecule has 1 unspecified atom stereocenters. The third kappa shape index (κ3) is 4.82. The van der Waals surface area contributed by atoms with Gasteiger partial charge in [-0.3, -0.25) is 9.36 Å². The normalized spacial score (nSPS) is 15.3. The number of hydrogen-bond acceptors (Lipinski definition) is 7. The van der Waals surface area contributed by atoms with E-state index in [4.69, 9.17) is 37.1 Å². The van der Waals surface area contributed by atoms with E-state index in [1.807, 2.05) is 12.1 Å². The molecule has 0 saturated heterocycles. The van der Waals surface area contributed by atoms with Crippen LogP contribution in [0.1, 0.15) is 31.2 Å². The number of carbonyl (C=O) groups is 1. The lowest BCUT2D eigenvalue weighted by Gasteiger charge is -2.24. The molecule has 0 amide bonds. The van der Waals surface area contributed by atoms with Gasteiger partial charge in [-0.2, -0.15) is 0 Å². The van der Waals surface area contributed by atoms with E-state index in [-0.39, 0.29) is 12.2 Å². The summed E-state index contributed by atoms with van der Waals surface area (Å²) in [5.74, 6) is 1.16. The van der Waals surface area contributed by atoms with E-state index in [0.29, 0.717) is 53.5 Å². The molecule has 1 atom stereocenters. The van der Waals surface area contributed by atoms with Gasteiger partial charge >= 0.3 is 5.97 Å². The second-order valence-electron chi connectivity index (χ2n) is 8.40. The minimum Gasteiger partial charge on any atom is -0.497 e. The van der Waals surface area contributed by atoms with Crippen molar-refractivity contribution in [3.8, 4) is 17.1 Å². The second-order valence-corrected chi connectivity index (χ2v) is 10.3. The molecule has 0 aliphatic carbocycles. The Kier molecular flexibility index (Phi) is 7.29. The number of rotatable bonds is 6. The molecule has 3 heterocycles. The lowest BCUT2D eigenvalue weighted by molar-refractivity contribution is -0.139. The van der Waals surface area contributed by atoms with Crippen molar-refractivity contribution in [2.45, 2.75) is 19.9 Å². The highest BCUT2D eigenvalue weighted by Crippen LogP contribution is 2.33. The molecule has 38 heavy (non-hydrogen) atoms. The number of allylic oxidation sites excluding steroid dienone is 1. The van der Waals surface area contributed by atoms with Crippen LogP contribution in [0, 0.1) is 0 Å². The van der Waals surface area contributed by atoms with Gasteiger partial charge in [0.25, 0.3) is 5.56 Å². The number of esters is 1. The smallest absolute Gasteiger partial charge is 0.338 e. The molecule has 2 aromatic carbocycles. The van der Waals surface area contributed by atoms with Crippen LogP contribution >= 0.6 is 34.5 Å². The Morgan fingerprint density at radius 2 is 1.92 bits per heavy atom. The molecule has 0 bridgehead atoms. The minimum atomic E-state index is -0.710. The molecule has 0 radical (unpaired) electrons. The van der Waals surface area contributed by atoms with Gasteiger partial charge in [-0.15, -0.1) is 0 Å². The van der Waals surface area contributed by atoms with E-state index in [0.717, 1.165) is 5.56 Å². The summed E-state index contributed by atoms with van der Waals surface area (Å²) in [6.45, 7) is 3.68. The van der Waals surface area contributed by atoms with E-state index in [1.54, 1.807) is 69.5 Å². The van der Waals surface area contributed by atoms with Gasteiger partial charge in [0.1, 0.15) is 17.3 Å². The molecular weight excluding hydrogens is 547 g/mol. The van der Waals surface area contributed by atoms with Gasteiger partial charge in [0.15, 0.2) is 4.80 Å². The predicted octanol–water partition coefficient (Wildman–Crippen LogP) is 5.37. The highest BCUT2D eigenvalue weighted by Gasteiger charge is 2.33. The van der Waals surface area contributed by atoms with Gasteiger partial charge in [0, 0.05) is 16.7 Å². The first-order chi connectivity index (χ1) is 18.3. The quantitative estimate of drug-likeness (QED) is 0.292. The molecule has 0 saturated carbocycles. The molecule has 2 aromatic heterocycles. The van der Waals surface area contributed by atoms with Crippen LogP contribution in [0.3, 0.4) is 0 Å². The Hall–Kier alpha value is -3.59. The summed E-state index contributed by atoms with van der Waals surface area (Å²) in [6.07, 6.45) is 1.66. The maximum Gasteiger partial charge on any atom is 0.338 e. The van der Waals surface area contributed by atoms with Crippen molar-refractivity contribution in [3.63, 3.8) is 0 Å². The van der Waals surface area contributed by atoms with E-state index >= 15 is 0 Å². The number of carbonyl (C=O) groups excluding carboxylic acids is 1. The van der Waals surface area contributed by atoms with Crippen molar-refractivity contribution in [2.75, 3.05) is 13.7 Å². The number of halogens is 2. The summed E-state index contributed by atoms with van der Waals surface area (Å²) in [7, 11) is 1.58. The zero-order chi connectivity index (χ0) is 27.0. The third-order valence-electron chi connectivity index (χ3n) is 6.05. The average molecular weight is 569 g/mol. The Bertz CT molecular complexity index is 1750. The number of fused-ring (bicyclic) bond motifs is 1. The van der Waals surface area contributed by atoms with Gasteiger partial charge in [0.2, 0.25) is 0 Å². The van der Waals surface area contributed by atoms with Crippen LogP contribution in [0.15, 0.2) is 80.1 Å². The number of thiazole rings is 1. The first kappa shape index (κ1) is 26.0. The summed E-state index contributed by atoms with van der Waals surface area (Å²) >= 11 is 13.6. The van der Waals surface area contributed by atoms with Crippen LogP contribution in [-0.2, 0) is 9.53 Å². The van der Waals surface area contributed by atoms with E-state index in [9.17, 15) is 9.59 Å². The van der Waals surface area contributed by atoms with Gasteiger partial charge in [-0.1, -0.05) is 46.7 Å². The Balaban J connectivity index is 1.63. The van der Waals surface area contributed by atoms with E-state index < -0.39 is 12.0 Å². The summed E-state index contributed by atoms with van der Waals surface area (Å²) in [5, 5.41) is 0.981. The number of benzene rings is 2. The zero-order valence-electron chi connectivity index (χ0n) is 20.7. The molecule has 0 spiro atoms. The van der Waals surface area contributed by atoms with E-state index in [2.05, 4.69) is 4.99 Å². The lowest BCUT2D eigenvalue weighted by atomic mass is 9.96. The lowest BCUT2D eigenvalue weighted by Crippen LogP contribution is -2.39. The maximum atomic E-state index is 13.7. The minimum absolute atomic E-state index is 0.202. The number of aromatic nitrogens is 1. The Morgan fingerprint density at radius 3 is 2.61 bits per heavy atom. The maximum absolute atomic E-state index is 13.7. The molecule has 0 fully saturated rings. The monoisotopic (exact) mass is 568 g/mol. The van der Waals surface area contributed by atoms with Crippen LogP contribution in [0.25, 0.3) is 17.4 Å². The third-order valence-corrected chi connectivity index (χ3v) is 7.58. The Morgan fingerprint density at radius 1 is 1.16 bits per heavy atom. The van der Waals surface area contributed by atoms with Crippen molar-refractivity contribution in [3.05, 3.63) is 107 Å². The second kappa shape index (κ2) is 10.6. The summed E-state index contributed by atoms with van der Waals surface area (Å²) in [6, 6.07) is 15.2. The standard InChI is InChI=1S/C28H22Cl2N2O5S/c1-4-36-27(34)24-15(2)31-28-32(25(24)16-5-8-18(35-3)9-6-16)26(33)23(38-28)14-19-10-12-22(37-19)20-11-7-17(29)13-21(20)30/h5-14,25H,4H2,1-3H3/b23-14+. The largest absolute Gasteiger partial charge is 0.497 e. The van der Waals surface area contributed by atoms with Gasteiger partial charge in [-0.05, 0) is 61.9 Å². The molecule has 5 rings (SSSR count). The molecule has 4 aromatic rings. The van der Waals surface area contributed by atoms with Gasteiger partial charge < -0.3 is 13.9 Å². The summed E-state index contributed by atoms with van der Waals surface area (Å²) < 4.78 is 18.5. The van der Waals surface area contributed by atoms with Crippen LogP contribution in [0.4, 0.5) is 0 Å². The van der Waals surface area contributed by atoms with Crippen LogP contribution in [0.5, 0.6) is 5.75 Å². The van der Waals surface area contributed by atoms with Crippen LogP contribution in [-0.4, -0.2) is 24.3 Å². The van der Waals surface area contributed by atoms with Crippen LogP contribution < -0.4 is 19.6 Å². The van der Waals surface area contributed by atoms with Crippen molar-refractivity contribution in [1.82, 2.24) is 4.57 Å². The predicted molar refractivity (Wildman–Crippen MR) is 148 cm³/mol. The molecule has 1 aliphatic rings. The highest BCUT2D eigenvalue weighted by molar-refractivity contribution is 7.07. The summed E-state index contributed by atoms with van der Waals surface area (Å²) in [5.41, 5.74) is 1.93. The number of ether oxygens (including phenoxy) is 2. The fourth-order valence-corrected chi connectivity index (χ4v) is 5.82. The fourth-order valence-electron chi connectivity index (χ4n) is 4.29. The van der Waals surface area contributed by atoms with Crippen molar-refractivity contribution < 1.29 is 18.7 Å². The molecular formula is C28H22Cl2N2O5S. The number of furan rings is 1. The average Bonchev–Trinajstić information content (AvgIpc) is 3.47. The number of nitrogens with zero attached hydrogens (tertiary/aromatic N) is 2. The van der Waals surface area contributed by atoms with Crippen molar-refractivity contribution in [1.29, 1.82) is 0 Å². The first-order valence-electron chi connectivity index (χ1n) is 11.7. The van der Waals surface area contributed by atoms with Gasteiger partial charge in [-0.25, -0.2) is 9.79 Å².